The van der Waals surface area contributed by atoms with Gasteiger partial charge in [0.25, 0.3) is 6.26 Å². The van der Waals surface area contributed by atoms with Gasteiger partial charge >= 0.3 is 0 Å². The number of aryl methyl sites for hydroxylation is 5. The molecule has 62 heavy (non-hydrogen) atoms. The third-order valence-corrected chi connectivity index (χ3v) is 9.80. The first-order valence-electron chi connectivity index (χ1n) is 20.6. The molecule has 0 atom stereocenters. The number of ketones is 3. The largest absolute Gasteiger partial charge is 0.508 e. The minimum absolute atomic E-state index is 0.00477. The molecule has 5 rings (SSSR count). The first-order valence-corrected chi connectivity index (χ1v) is 20.6. The number of phenolic OH excluding ortho intramolecular Hbond substituents is 4. The molecule has 0 heterocycles. The second-order valence-corrected chi connectivity index (χ2v) is 14.7. The molecule has 0 unspecified atom stereocenters. The summed E-state index contributed by atoms with van der Waals surface area (Å²) in [6.07, 6.45) is 5.09. The van der Waals surface area contributed by atoms with Gasteiger partial charge in [0.15, 0.2) is 11.6 Å². The Balaban J connectivity index is 0.000000304. The summed E-state index contributed by atoms with van der Waals surface area (Å²) in [6, 6.07) is 30.3. The standard InChI is InChI=1S/C21H25NO3.C11H15NO.C10H12O3.C9H9NO/c1-4-19(18-11-12-20(24)15(3)21(18)25)22-13-17(23)10-9-16-7-5-14(2)6-8-16;1-9-2-4-10(5-3-9)6-7-11(13)8-12;1-3-8(11)7-4-5-9(12)6(2)10(7)13;1-8-2-4-9(5-3-8)6-11-7-10/h5-8,11-12,24-25H,4,9-10,13H2,1-3H3;2-5H,6-8,12H2,1H3;4-5,12-13H,3H2,1-2H3;2-5H,6H2,1H3. The first-order chi connectivity index (χ1) is 29.5. The molecular weight excluding hydrogens is 783 g/mol. The van der Waals surface area contributed by atoms with E-state index >= 15 is 0 Å². The van der Waals surface area contributed by atoms with Crippen LogP contribution in [0.15, 0.2) is 102 Å². The first kappa shape index (κ1) is 51.4. The molecule has 5 aromatic rings. The number of hydrogen-bond donors (Lipinski definition) is 5. The van der Waals surface area contributed by atoms with Crippen molar-refractivity contribution in [3.05, 3.63) is 153 Å². The van der Waals surface area contributed by atoms with E-state index in [-0.39, 0.29) is 59.0 Å². The zero-order valence-electron chi connectivity index (χ0n) is 37.0. The second kappa shape index (κ2) is 27.2. The van der Waals surface area contributed by atoms with Crippen molar-refractivity contribution >= 4 is 23.1 Å². The summed E-state index contributed by atoms with van der Waals surface area (Å²) in [7, 11) is 0. The molecule has 0 aliphatic heterocycles. The predicted octanol–water partition coefficient (Wildman–Crippen LogP) is 9.56. The van der Waals surface area contributed by atoms with Gasteiger partial charge in [0.05, 0.1) is 18.7 Å². The van der Waals surface area contributed by atoms with E-state index in [9.17, 15) is 34.8 Å². The number of carbonyl (C=O) groups is 3. The Morgan fingerprint density at radius 1 is 0.597 bits per heavy atom. The van der Waals surface area contributed by atoms with Crippen LogP contribution in [0.3, 0.4) is 0 Å². The van der Waals surface area contributed by atoms with E-state index in [0.717, 1.165) is 17.5 Å². The number of Topliss-reactive ketones (excluding diaryl/α,β-unsaturated/α-hetero) is 3. The fourth-order valence-electron chi connectivity index (χ4n) is 5.66. The highest BCUT2D eigenvalue weighted by molar-refractivity contribution is 6.04. The SMILES string of the molecule is CCC(=NCC(=O)CCc1ccc(C)cc1)c1ccc(O)c(C)c1O.CCC(=O)c1ccc(O)c(C)c1O.Cc1ccc(CCC(=O)CN)cc1.Cc1ccc(COC#N)cc1. The molecule has 6 N–H and O–H groups in total. The van der Waals surface area contributed by atoms with Gasteiger partial charge in [-0.2, -0.15) is 5.26 Å². The summed E-state index contributed by atoms with van der Waals surface area (Å²) in [5.74, 6) is 0.0262. The molecule has 5 aromatic carbocycles. The Labute approximate surface area is 366 Å². The second-order valence-electron chi connectivity index (χ2n) is 14.7. The number of nitrogens with zero attached hydrogens (tertiary/aromatic N) is 2. The maximum Gasteiger partial charge on any atom is 0.286 e. The molecule has 0 fully saturated rings. The van der Waals surface area contributed by atoms with Gasteiger partial charge in [0.1, 0.15) is 35.4 Å². The van der Waals surface area contributed by atoms with Crippen LogP contribution in [0, 0.1) is 46.1 Å². The molecule has 11 heteroatoms. The third kappa shape index (κ3) is 17.8. The van der Waals surface area contributed by atoms with Crippen LogP contribution in [-0.2, 0) is 33.8 Å². The van der Waals surface area contributed by atoms with Crippen LogP contribution >= 0.6 is 0 Å². The molecule has 0 aliphatic carbocycles. The summed E-state index contributed by atoms with van der Waals surface area (Å²) >= 11 is 0. The zero-order chi connectivity index (χ0) is 46.2. The van der Waals surface area contributed by atoms with Crippen molar-refractivity contribution in [3.8, 4) is 29.3 Å². The topological polar surface area (TPSA) is 204 Å². The molecule has 0 saturated carbocycles. The van der Waals surface area contributed by atoms with Gasteiger partial charge in [0.2, 0.25) is 0 Å². The number of benzene rings is 5. The lowest BCUT2D eigenvalue weighted by molar-refractivity contribution is -0.118. The van der Waals surface area contributed by atoms with Crippen LogP contribution in [0.4, 0.5) is 0 Å². The summed E-state index contributed by atoms with van der Waals surface area (Å²) in [5.41, 5.74) is 14.5. The van der Waals surface area contributed by atoms with Crippen molar-refractivity contribution in [3.63, 3.8) is 0 Å². The number of carbonyl (C=O) groups excluding carboxylic acids is 3. The highest BCUT2D eigenvalue weighted by Crippen LogP contribution is 2.31. The van der Waals surface area contributed by atoms with Crippen molar-refractivity contribution < 1.29 is 39.5 Å². The Hall–Kier alpha value is -6.77. The van der Waals surface area contributed by atoms with Crippen molar-refractivity contribution in [1.82, 2.24) is 0 Å². The zero-order valence-corrected chi connectivity index (χ0v) is 37.0. The summed E-state index contributed by atoms with van der Waals surface area (Å²) in [5, 5.41) is 46.6. The van der Waals surface area contributed by atoms with Crippen LogP contribution in [0.25, 0.3) is 0 Å². The van der Waals surface area contributed by atoms with E-state index in [1.807, 2.05) is 69.3 Å². The van der Waals surface area contributed by atoms with E-state index in [2.05, 4.69) is 40.9 Å². The number of ether oxygens (including phenoxy) is 1. The Morgan fingerprint density at radius 3 is 1.44 bits per heavy atom. The maximum absolute atomic E-state index is 12.1. The average Bonchev–Trinajstić information content (AvgIpc) is 3.28. The lowest BCUT2D eigenvalue weighted by Gasteiger charge is -2.10. The number of nitrogens with two attached hydrogens (primary N) is 1. The van der Waals surface area contributed by atoms with Crippen molar-refractivity contribution in [2.24, 2.45) is 10.7 Å². The van der Waals surface area contributed by atoms with E-state index in [0.29, 0.717) is 61.1 Å². The number of aromatic hydroxyl groups is 4. The smallest absolute Gasteiger partial charge is 0.286 e. The lowest BCUT2D eigenvalue weighted by atomic mass is 10.0. The molecular formula is C51H61N3O8. The summed E-state index contributed by atoms with van der Waals surface area (Å²) in [4.78, 5) is 38.7. The quantitative estimate of drug-likeness (QED) is 0.0384. The van der Waals surface area contributed by atoms with E-state index in [1.165, 1.54) is 40.5 Å². The number of aliphatic imine (C=N–C) groups is 1. The predicted molar refractivity (Wildman–Crippen MR) is 245 cm³/mol. The lowest BCUT2D eigenvalue weighted by Crippen LogP contribution is -2.13. The highest BCUT2D eigenvalue weighted by atomic mass is 16.5. The Morgan fingerprint density at radius 2 is 1.02 bits per heavy atom. The third-order valence-electron chi connectivity index (χ3n) is 9.80. The highest BCUT2D eigenvalue weighted by Gasteiger charge is 2.14. The molecule has 0 amide bonds. The maximum atomic E-state index is 12.1. The van der Waals surface area contributed by atoms with Gasteiger partial charge < -0.3 is 30.9 Å². The number of rotatable bonds is 15. The van der Waals surface area contributed by atoms with Crippen LogP contribution < -0.4 is 5.73 Å². The fourth-order valence-corrected chi connectivity index (χ4v) is 5.66. The summed E-state index contributed by atoms with van der Waals surface area (Å²) < 4.78 is 4.56. The molecule has 328 valence electrons. The van der Waals surface area contributed by atoms with Gasteiger partial charge in [0, 0.05) is 41.7 Å². The fraction of sp³-hybridized carbons (Fsp3) is 0.314. The van der Waals surface area contributed by atoms with Crippen LogP contribution in [-0.4, -0.2) is 56.6 Å². The minimum Gasteiger partial charge on any atom is -0.508 e. The normalized spacial score (nSPS) is 10.4. The number of hydrogen-bond acceptors (Lipinski definition) is 11. The summed E-state index contributed by atoms with van der Waals surface area (Å²) in [6.45, 7) is 13.6. The van der Waals surface area contributed by atoms with Crippen molar-refractivity contribution in [1.29, 1.82) is 5.26 Å². The monoisotopic (exact) mass is 843 g/mol. The number of nitriles is 1. The van der Waals surface area contributed by atoms with Gasteiger partial charge in [-0.05, 0) is 94.8 Å². The molecule has 0 aliphatic rings. The Bertz CT molecular complexity index is 2280. The minimum atomic E-state index is -0.124. The average molecular weight is 844 g/mol. The van der Waals surface area contributed by atoms with Crippen molar-refractivity contribution in [2.75, 3.05) is 13.1 Å². The van der Waals surface area contributed by atoms with Gasteiger partial charge in [-0.3, -0.25) is 19.4 Å². The van der Waals surface area contributed by atoms with Crippen LogP contribution in [0.1, 0.15) is 100.0 Å². The van der Waals surface area contributed by atoms with E-state index in [4.69, 9.17) is 11.0 Å². The molecule has 11 nitrogen and oxygen atoms in total. The van der Waals surface area contributed by atoms with Crippen molar-refractivity contribution in [2.45, 2.75) is 93.6 Å². The van der Waals surface area contributed by atoms with Gasteiger partial charge in [-0.1, -0.05) is 103 Å². The molecule has 0 bridgehead atoms. The van der Waals surface area contributed by atoms with E-state index in [1.54, 1.807) is 33.1 Å². The molecule has 0 spiro atoms. The van der Waals surface area contributed by atoms with Crippen LogP contribution in [0.5, 0.6) is 23.0 Å². The van der Waals surface area contributed by atoms with Crippen LogP contribution in [0.2, 0.25) is 0 Å². The molecule has 0 saturated heterocycles. The number of phenols is 4. The van der Waals surface area contributed by atoms with Gasteiger partial charge in [-0.15, -0.1) is 0 Å². The van der Waals surface area contributed by atoms with E-state index < -0.39 is 0 Å². The Kier molecular flexibility index (Phi) is 22.5. The molecule has 0 radical (unpaired) electrons. The van der Waals surface area contributed by atoms with Gasteiger partial charge in [-0.25, -0.2) is 0 Å². The molecule has 0 aromatic heterocycles.